The van der Waals surface area contributed by atoms with E-state index in [-0.39, 0.29) is 17.3 Å². The van der Waals surface area contributed by atoms with Crippen LogP contribution in [-0.4, -0.2) is 69.6 Å². The molecule has 9 heteroatoms. The van der Waals surface area contributed by atoms with E-state index in [0.717, 1.165) is 39.1 Å². The number of furan rings is 1. The van der Waals surface area contributed by atoms with E-state index < -0.39 is 10.0 Å². The van der Waals surface area contributed by atoms with Crippen LogP contribution in [0.25, 0.3) is 0 Å². The third-order valence-electron chi connectivity index (χ3n) is 5.55. The largest absolute Gasteiger partial charge is 0.468 e. The Morgan fingerprint density at radius 2 is 1.97 bits per heavy atom. The van der Waals surface area contributed by atoms with Gasteiger partial charge in [0.15, 0.2) is 0 Å². The minimum absolute atomic E-state index is 0.0557. The molecule has 0 spiro atoms. The zero-order valence-electron chi connectivity index (χ0n) is 16.8. The number of benzene rings is 1. The van der Waals surface area contributed by atoms with Crippen LogP contribution in [0, 0.1) is 0 Å². The quantitative estimate of drug-likeness (QED) is 0.715. The monoisotopic (exact) mass is 433 g/mol. The summed E-state index contributed by atoms with van der Waals surface area (Å²) in [5, 5.41) is 0. The van der Waals surface area contributed by atoms with Crippen molar-refractivity contribution in [2.75, 3.05) is 39.3 Å². The molecule has 0 aliphatic carbocycles. The zero-order valence-corrected chi connectivity index (χ0v) is 17.6. The normalized spacial score (nSPS) is 20.5. The summed E-state index contributed by atoms with van der Waals surface area (Å²) in [6, 6.07) is 9.58. The molecule has 4 rings (SSSR count). The number of ether oxygens (including phenoxy) is 1. The Bertz CT molecular complexity index is 947. The second-order valence-corrected chi connectivity index (χ2v) is 9.43. The topological polar surface area (TPSA) is 92.1 Å². The molecule has 30 heavy (non-hydrogen) atoms. The van der Waals surface area contributed by atoms with Gasteiger partial charge < -0.3 is 14.1 Å². The number of carbonyl (C=O) groups excluding carboxylic acids is 1. The highest BCUT2D eigenvalue weighted by atomic mass is 32.2. The van der Waals surface area contributed by atoms with Gasteiger partial charge in [0, 0.05) is 44.9 Å². The number of amides is 1. The van der Waals surface area contributed by atoms with Crippen molar-refractivity contribution in [3.63, 3.8) is 0 Å². The predicted octanol–water partition coefficient (Wildman–Crippen LogP) is 1.69. The van der Waals surface area contributed by atoms with Crippen LogP contribution >= 0.6 is 0 Å². The summed E-state index contributed by atoms with van der Waals surface area (Å²) in [5.41, 5.74) is 0.378. The van der Waals surface area contributed by atoms with Gasteiger partial charge in [-0.15, -0.1) is 0 Å². The van der Waals surface area contributed by atoms with Crippen LogP contribution in [0.4, 0.5) is 0 Å². The molecule has 2 saturated heterocycles. The standard InChI is InChI=1S/C21H27N3O5S/c25-21(24-10-8-23(9-11-24)16-19-6-3-13-29-19)17-4-1-7-20(14-17)30(26,27)22-15-18-5-2-12-28-18/h1-2,4-5,7,12,14,19,22H,3,6,8-11,13,15-16H2/t19-/m1/s1. The SMILES string of the molecule is O=C(c1cccc(S(=O)(=O)NCc2ccco2)c1)N1CCN(C[C@H]2CCCO2)CC1. The highest BCUT2D eigenvalue weighted by Gasteiger charge is 2.26. The van der Waals surface area contributed by atoms with E-state index in [4.69, 9.17) is 9.15 Å². The van der Waals surface area contributed by atoms with Crippen molar-refractivity contribution in [1.29, 1.82) is 0 Å². The first kappa shape index (κ1) is 21.0. The van der Waals surface area contributed by atoms with Crippen molar-refractivity contribution in [2.24, 2.45) is 0 Å². The van der Waals surface area contributed by atoms with Crippen LogP contribution in [0.3, 0.4) is 0 Å². The Hall–Kier alpha value is -2.20. The molecule has 0 radical (unpaired) electrons. The first-order valence-corrected chi connectivity index (χ1v) is 11.7. The molecule has 0 bridgehead atoms. The molecule has 2 aliphatic heterocycles. The Morgan fingerprint density at radius 1 is 1.13 bits per heavy atom. The van der Waals surface area contributed by atoms with Crippen molar-refractivity contribution in [3.05, 3.63) is 54.0 Å². The molecule has 0 saturated carbocycles. The lowest BCUT2D eigenvalue weighted by atomic mass is 10.1. The van der Waals surface area contributed by atoms with E-state index in [1.807, 2.05) is 0 Å². The second kappa shape index (κ2) is 9.30. The van der Waals surface area contributed by atoms with Crippen LogP contribution < -0.4 is 4.72 Å². The fourth-order valence-corrected chi connectivity index (χ4v) is 4.89. The summed E-state index contributed by atoms with van der Waals surface area (Å²) < 4.78 is 38.5. The van der Waals surface area contributed by atoms with Gasteiger partial charge in [0.2, 0.25) is 10.0 Å². The second-order valence-electron chi connectivity index (χ2n) is 7.66. The number of piperazine rings is 1. The van der Waals surface area contributed by atoms with E-state index in [0.29, 0.717) is 30.5 Å². The van der Waals surface area contributed by atoms with Gasteiger partial charge in [-0.25, -0.2) is 13.1 Å². The molecule has 1 aromatic heterocycles. The minimum atomic E-state index is -3.75. The number of carbonyl (C=O) groups is 1. The molecule has 3 heterocycles. The molecule has 1 amide bonds. The fourth-order valence-electron chi connectivity index (χ4n) is 3.85. The van der Waals surface area contributed by atoms with Crippen LogP contribution in [0.15, 0.2) is 52.0 Å². The average Bonchev–Trinajstić information content (AvgIpc) is 3.47. The first-order valence-electron chi connectivity index (χ1n) is 10.3. The Kier molecular flexibility index (Phi) is 6.52. The lowest BCUT2D eigenvalue weighted by Crippen LogP contribution is -2.50. The fraction of sp³-hybridized carbons (Fsp3) is 0.476. The van der Waals surface area contributed by atoms with Crippen molar-refractivity contribution in [1.82, 2.24) is 14.5 Å². The molecule has 1 atom stereocenters. The lowest BCUT2D eigenvalue weighted by Gasteiger charge is -2.35. The number of nitrogens with one attached hydrogen (secondary N) is 1. The maximum Gasteiger partial charge on any atom is 0.253 e. The van der Waals surface area contributed by atoms with E-state index >= 15 is 0 Å². The number of sulfonamides is 1. The Morgan fingerprint density at radius 3 is 2.67 bits per heavy atom. The van der Waals surface area contributed by atoms with Crippen molar-refractivity contribution in [3.8, 4) is 0 Å². The highest BCUT2D eigenvalue weighted by Crippen LogP contribution is 2.17. The summed E-state index contributed by atoms with van der Waals surface area (Å²) in [5.74, 6) is 0.376. The number of rotatable bonds is 7. The molecule has 2 aliphatic rings. The van der Waals surface area contributed by atoms with E-state index in [9.17, 15) is 13.2 Å². The van der Waals surface area contributed by atoms with E-state index in [2.05, 4.69) is 9.62 Å². The molecule has 1 N–H and O–H groups in total. The summed E-state index contributed by atoms with van der Waals surface area (Å²) >= 11 is 0. The summed E-state index contributed by atoms with van der Waals surface area (Å²) in [4.78, 5) is 17.1. The zero-order chi connectivity index (χ0) is 21.0. The van der Waals surface area contributed by atoms with Crippen molar-refractivity contribution in [2.45, 2.75) is 30.4 Å². The van der Waals surface area contributed by atoms with Gasteiger partial charge in [0.05, 0.1) is 23.8 Å². The lowest BCUT2D eigenvalue weighted by molar-refractivity contribution is 0.0432. The van der Waals surface area contributed by atoms with Crippen molar-refractivity contribution >= 4 is 15.9 Å². The summed E-state index contributed by atoms with van der Waals surface area (Å²) in [7, 11) is -3.75. The summed E-state index contributed by atoms with van der Waals surface area (Å²) in [6.45, 7) is 4.66. The van der Waals surface area contributed by atoms with Gasteiger partial charge in [-0.05, 0) is 43.2 Å². The molecule has 2 aromatic rings. The first-order chi connectivity index (χ1) is 14.5. The smallest absolute Gasteiger partial charge is 0.253 e. The molecule has 1 aromatic carbocycles. The molecule has 2 fully saturated rings. The van der Waals surface area contributed by atoms with Gasteiger partial charge in [0.25, 0.3) is 5.91 Å². The van der Waals surface area contributed by atoms with Crippen LogP contribution in [0.2, 0.25) is 0 Å². The highest BCUT2D eigenvalue weighted by molar-refractivity contribution is 7.89. The number of nitrogens with zero attached hydrogens (tertiary/aromatic N) is 2. The minimum Gasteiger partial charge on any atom is -0.468 e. The maximum atomic E-state index is 12.9. The Labute approximate surface area is 176 Å². The Balaban J connectivity index is 1.35. The van der Waals surface area contributed by atoms with Gasteiger partial charge >= 0.3 is 0 Å². The number of hydrogen-bond acceptors (Lipinski definition) is 6. The van der Waals surface area contributed by atoms with E-state index in [1.165, 1.54) is 18.4 Å². The number of hydrogen-bond donors (Lipinski definition) is 1. The third-order valence-corrected chi connectivity index (χ3v) is 6.95. The maximum absolute atomic E-state index is 12.9. The van der Waals surface area contributed by atoms with Crippen LogP contribution in [0.5, 0.6) is 0 Å². The molecule has 0 unspecified atom stereocenters. The molecular weight excluding hydrogens is 406 g/mol. The molecule has 8 nitrogen and oxygen atoms in total. The van der Waals surface area contributed by atoms with Crippen molar-refractivity contribution < 1.29 is 22.4 Å². The molecule has 162 valence electrons. The summed E-state index contributed by atoms with van der Waals surface area (Å²) in [6.07, 6.45) is 4.03. The third kappa shape index (κ3) is 5.10. The molecular formula is C21H27N3O5S. The van der Waals surface area contributed by atoms with Gasteiger partial charge in [0.1, 0.15) is 5.76 Å². The average molecular weight is 434 g/mol. The van der Waals surface area contributed by atoms with Crippen LogP contribution in [-0.2, 0) is 21.3 Å². The van der Waals surface area contributed by atoms with Gasteiger partial charge in [-0.2, -0.15) is 0 Å². The van der Waals surface area contributed by atoms with E-state index in [1.54, 1.807) is 29.2 Å². The van der Waals surface area contributed by atoms with Gasteiger partial charge in [-0.1, -0.05) is 6.07 Å². The predicted molar refractivity (Wildman–Crippen MR) is 110 cm³/mol. The van der Waals surface area contributed by atoms with Gasteiger partial charge in [-0.3, -0.25) is 9.69 Å². The van der Waals surface area contributed by atoms with Crippen LogP contribution in [0.1, 0.15) is 29.0 Å².